The highest BCUT2D eigenvalue weighted by Crippen LogP contribution is 2.22. The van der Waals surface area contributed by atoms with E-state index in [9.17, 15) is 9.59 Å². The Morgan fingerprint density at radius 3 is 2.61 bits per heavy atom. The highest BCUT2D eigenvalue weighted by Gasteiger charge is 2.23. The molecule has 0 aliphatic heterocycles. The molecule has 3 aromatic rings. The first kappa shape index (κ1) is 19.8. The molecule has 0 spiro atoms. The minimum Gasteiger partial charge on any atom is -0.462 e. The van der Waals surface area contributed by atoms with Gasteiger partial charge in [-0.15, -0.1) is 0 Å². The molecule has 1 unspecified atom stereocenters. The summed E-state index contributed by atoms with van der Waals surface area (Å²) in [6.45, 7) is 4.14. The molecular formula is C19H20BrN5O3. The number of carbonyl (C=O) groups excluding carboxylic acids is 2. The third-order valence-corrected chi connectivity index (χ3v) is 4.43. The lowest BCUT2D eigenvalue weighted by Gasteiger charge is -2.15. The van der Waals surface area contributed by atoms with E-state index < -0.39 is 5.97 Å². The molecule has 0 saturated heterocycles. The van der Waals surface area contributed by atoms with Crippen LogP contribution >= 0.6 is 15.9 Å². The first-order valence-corrected chi connectivity index (χ1v) is 9.58. The Balaban J connectivity index is 1.86. The lowest BCUT2D eigenvalue weighted by atomic mass is 10.1. The quantitative estimate of drug-likeness (QED) is 0.563. The zero-order valence-corrected chi connectivity index (χ0v) is 17.1. The van der Waals surface area contributed by atoms with Crippen molar-refractivity contribution in [1.29, 1.82) is 0 Å². The molecule has 0 radical (unpaired) electrons. The third kappa shape index (κ3) is 4.48. The van der Waals surface area contributed by atoms with Crippen LogP contribution in [-0.4, -0.2) is 38.0 Å². The summed E-state index contributed by atoms with van der Waals surface area (Å²) >= 11 is 3.34. The molecule has 0 bridgehead atoms. The second-order valence-corrected chi connectivity index (χ2v) is 7.06. The number of anilines is 1. The van der Waals surface area contributed by atoms with Crippen molar-refractivity contribution in [2.75, 3.05) is 11.9 Å². The number of aromatic nitrogens is 4. The van der Waals surface area contributed by atoms with Crippen molar-refractivity contribution >= 4 is 33.6 Å². The van der Waals surface area contributed by atoms with Crippen LogP contribution in [0, 0.1) is 5.92 Å². The van der Waals surface area contributed by atoms with Crippen LogP contribution in [0.25, 0.3) is 5.69 Å². The molecule has 0 fully saturated rings. The molecule has 0 saturated carbocycles. The molecule has 2 aromatic heterocycles. The van der Waals surface area contributed by atoms with Crippen LogP contribution in [-0.2, 0) is 16.1 Å². The molecule has 0 aliphatic carbocycles. The Morgan fingerprint density at radius 1 is 1.21 bits per heavy atom. The van der Waals surface area contributed by atoms with Gasteiger partial charge in [0.2, 0.25) is 5.91 Å². The topological polar surface area (TPSA) is 91.0 Å². The lowest BCUT2D eigenvalue weighted by Crippen LogP contribution is -2.26. The number of amides is 1. The Labute approximate surface area is 170 Å². The monoisotopic (exact) mass is 445 g/mol. The van der Waals surface area contributed by atoms with E-state index in [0.29, 0.717) is 6.54 Å². The maximum Gasteiger partial charge on any atom is 0.343 e. The fraction of sp³-hybridized carbons (Fsp3) is 0.263. The number of para-hydroxylation sites is 1. The SMILES string of the molecule is CCOC(=O)c1cnn(-c2ccccc2)c1NC(=O)C(C)Cn1cc(Br)cn1. The zero-order valence-electron chi connectivity index (χ0n) is 15.5. The van der Waals surface area contributed by atoms with Crippen LogP contribution in [0.4, 0.5) is 5.82 Å². The van der Waals surface area contributed by atoms with E-state index in [2.05, 4.69) is 31.4 Å². The number of hydrogen-bond acceptors (Lipinski definition) is 5. The van der Waals surface area contributed by atoms with Gasteiger partial charge in [-0.2, -0.15) is 10.2 Å². The Bertz CT molecular complexity index is 967. The standard InChI is InChI=1S/C19H20BrN5O3/c1-3-28-19(27)16-10-22-25(15-7-5-4-6-8-15)17(16)23-18(26)13(2)11-24-12-14(20)9-21-24/h4-10,12-13H,3,11H2,1-2H3,(H,23,26). The molecule has 0 aliphatic rings. The smallest absolute Gasteiger partial charge is 0.343 e. The van der Waals surface area contributed by atoms with Crippen LogP contribution in [0.1, 0.15) is 24.2 Å². The second kappa shape index (κ2) is 8.83. The van der Waals surface area contributed by atoms with Gasteiger partial charge < -0.3 is 10.1 Å². The first-order chi connectivity index (χ1) is 13.5. The van der Waals surface area contributed by atoms with Gasteiger partial charge in [0.05, 0.1) is 41.6 Å². The lowest BCUT2D eigenvalue weighted by molar-refractivity contribution is -0.119. The van der Waals surface area contributed by atoms with E-state index in [4.69, 9.17) is 4.74 Å². The number of rotatable bonds is 7. The third-order valence-electron chi connectivity index (χ3n) is 4.02. The van der Waals surface area contributed by atoms with E-state index >= 15 is 0 Å². The summed E-state index contributed by atoms with van der Waals surface area (Å²) in [7, 11) is 0. The summed E-state index contributed by atoms with van der Waals surface area (Å²) in [5.41, 5.74) is 0.921. The van der Waals surface area contributed by atoms with Gasteiger partial charge in [0, 0.05) is 6.20 Å². The van der Waals surface area contributed by atoms with Crippen molar-refractivity contribution in [3.05, 3.63) is 59.0 Å². The molecule has 9 heteroatoms. The number of carbonyl (C=O) groups is 2. The fourth-order valence-corrected chi connectivity index (χ4v) is 2.96. The minimum atomic E-state index is -0.538. The van der Waals surface area contributed by atoms with Crippen LogP contribution in [0.15, 0.2) is 53.4 Å². The highest BCUT2D eigenvalue weighted by atomic mass is 79.9. The van der Waals surface area contributed by atoms with Gasteiger partial charge in [-0.25, -0.2) is 9.48 Å². The van der Waals surface area contributed by atoms with E-state index in [1.807, 2.05) is 30.3 Å². The predicted octanol–water partition coefficient (Wildman–Crippen LogP) is 3.28. The van der Waals surface area contributed by atoms with Crippen LogP contribution in [0.2, 0.25) is 0 Å². The van der Waals surface area contributed by atoms with E-state index in [0.717, 1.165) is 10.2 Å². The Kier molecular flexibility index (Phi) is 6.25. The number of hydrogen-bond donors (Lipinski definition) is 1. The van der Waals surface area contributed by atoms with Crippen molar-refractivity contribution in [2.45, 2.75) is 20.4 Å². The average molecular weight is 446 g/mol. The number of benzene rings is 1. The summed E-state index contributed by atoms with van der Waals surface area (Å²) in [5, 5.41) is 11.3. The number of nitrogens with zero attached hydrogens (tertiary/aromatic N) is 4. The normalized spacial score (nSPS) is 11.8. The molecule has 1 amide bonds. The molecule has 1 atom stereocenters. The maximum absolute atomic E-state index is 12.8. The Morgan fingerprint density at radius 2 is 1.96 bits per heavy atom. The molecular weight excluding hydrogens is 426 g/mol. The zero-order chi connectivity index (χ0) is 20.1. The van der Waals surface area contributed by atoms with Crippen LogP contribution < -0.4 is 5.32 Å². The summed E-state index contributed by atoms with van der Waals surface area (Å²) < 4.78 is 9.13. The van der Waals surface area contributed by atoms with Gasteiger partial charge in [-0.1, -0.05) is 25.1 Å². The van der Waals surface area contributed by atoms with Gasteiger partial charge >= 0.3 is 5.97 Å². The molecule has 3 rings (SSSR count). The minimum absolute atomic E-state index is 0.202. The summed E-state index contributed by atoms with van der Waals surface area (Å²) in [6.07, 6.45) is 4.85. The first-order valence-electron chi connectivity index (χ1n) is 8.79. The predicted molar refractivity (Wildman–Crippen MR) is 107 cm³/mol. The van der Waals surface area contributed by atoms with Crippen molar-refractivity contribution in [2.24, 2.45) is 5.92 Å². The van der Waals surface area contributed by atoms with E-state index in [1.54, 1.807) is 30.9 Å². The molecule has 2 heterocycles. The van der Waals surface area contributed by atoms with Crippen molar-refractivity contribution < 1.29 is 14.3 Å². The van der Waals surface area contributed by atoms with Gasteiger partial charge in [-0.05, 0) is 35.0 Å². The molecule has 1 aromatic carbocycles. The van der Waals surface area contributed by atoms with E-state index in [-0.39, 0.29) is 29.8 Å². The number of nitrogens with one attached hydrogen (secondary N) is 1. The van der Waals surface area contributed by atoms with Crippen LogP contribution in [0.3, 0.4) is 0 Å². The molecule has 28 heavy (non-hydrogen) atoms. The maximum atomic E-state index is 12.8. The molecule has 146 valence electrons. The molecule has 1 N–H and O–H groups in total. The number of esters is 1. The van der Waals surface area contributed by atoms with Crippen LogP contribution in [0.5, 0.6) is 0 Å². The number of halogens is 1. The summed E-state index contributed by atoms with van der Waals surface area (Å²) in [5.74, 6) is -0.900. The summed E-state index contributed by atoms with van der Waals surface area (Å²) in [6, 6.07) is 9.25. The summed E-state index contributed by atoms with van der Waals surface area (Å²) in [4.78, 5) is 25.1. The average Bonchev–Trinajstić information content (AvgIpc) is 3.28. The van der Waals surface area contributed by atoms with Gasteiger partial charge in [0.15, 0.2) is 5.82 Å². The van der Waals surface area contributed by atoms with Crippen molar-refractivity contribution in [3.8, 4) is 5.69 Å². The second-order valence-electron chi connectivity index (χ2n) is 6.15. The van der Waals surface area contributed by atoms with Crippen molar-refractivity contribution in [1.82, 2.24) is 19.6 Å². The van der Waals surface area contributed by atoms with E-state index in [1.165, 1.54) is 10.9 Å². The van der Waals surface area contributed by atoms with Gasteiger partial charge in [0.25, 0.3) is 0 Å². The highest BCUT2D eigenvalue weighted by molar-refractivity contribution is 9.10. The number of ether oxygens (including phenoxy) is 1. The largest absolute Gasteiger partial charge is 0.462 e. The van der Waals surface area contributed by atoms with Crippen molar-refractivity contribution in [3.63, 3.8) is 0 Å². The molecule has 8 nitrogen and oxygen atoms in total. The Hall–Kier alpha value is -2.94. The van der Waals surface area contributed by atoms with Gasteiger partial charge in [0.1, 0.15) is 5.56 Å². The van der Waals surface area contributed by atoms with Gasteiger partial charge in [-0.3, -0.25) is 9.48 Å². The fourth-order valence-electron chi connectivity index (χ4n) is 2.63.